The predicted octanol–water partition coefficient (Wildman–Crippen LogP) is 1.60. The molecule has 0 aromatic heterocycles. The molecule has 1 aromatic rings. The van der Waals surface area contributed by atoms with Crippen molar-refractivity contribution >= 4 is 11.4 Å². The Morgan fingerprint density at radius 3 is 2.83 bits per heavy atom. The summed E-state index contributed by atoms with van der Waals surface area (Å²) in [6, 6.07) is 4.46. The third-order valence-corrected chi connectivity index (χ3v) is 3.64. The second-order valence-corrected chi connectivity index (χ2v) is 5.19. The smallest absolute Gasteiger partial charge is 0.145 e. The van der Waals surface area contributed by atoms with E-state index in [1.807, 2.05) is 0 Å². The van der Waals surface area contributed by atoms with E-state index < -0.39 is 0 Å². The highest BCUT2D eigenvalue weighted by molar-refractivity contribution is 5.70. The van der Waals surface area contributed by atoms with Crippen LogP contribution in [0.5, 0.6) is 5.75 Å². The van der Waals surface area contributed by atoms with Crippen molar-refractivity contribution in [2.75, 3.05) is 42.9 Å². The number of hydrogen-bond acceptors (Lipinski definition) is 4. The van der Waals surface area contributed by atoms with E-state index in [0.717, 1.165) is 44.2 Å². The summed E-state index contributed by atoms with van der Waals surface area (Å²) in [5.74, 6) is 1.02. The fourth-order valence-corrected chi connectivity index (χ4v) is 2.64. The summed E-state index contributed by atoms with van der Waals surface area (Å²) in [6.07, 6.45) is 0.251. The number of piperazine rings is 1. The van der Waals surface area contributed by atoms with Crippen LogP contribution in [0.4, 0.5) is 11.4 Å². The van der Waals surface area contributed by atoms with Gasteiger partial charge in [-0.15, -0.1) is 0 Å². The number of nitrogens with one attached hydrogen (secondary N) is 2. The van der Waals surface area contributed by atoms with Gasteiger partial charge >= 0.3 is 0 Å². The first-order valence-corrected chi connectivity index (χ1v) is 6.75. The molecule has 2 aliphatic rings. The number of ether oxygens (including phenoxy) is 1. The Morgan fingerprint density at radius 2 is 2.06 bits per heavy atom. The van der Waals surface area contributed by atoms with Gasteiger partial charge in [-0.25, -0.2) is 0 Å². The van der Waals surface area contributed by atoms with E-state index in [4.69, 9.17) is 4.74 Å². The molecule has 0 spiro atoms. The van der Waals surface area contributed by atoms with Crippen LogP contribution < -0.4 is 20.3 Å². The van der Waals surface area contributed by atoms with E-state index in [0.29, 0.717) is 0 Å². The van der Waals surface area contributed by atoms with Gasteiger partial charge in [0.15, 0.2) is 0 Å². The van der Waals surface area contributed by atoms with Crippen molar-refractivity contribution in [2.24, 2.45) is 0 Å². The van der Waals surface area contributed by atoms with Crippen molar-refractivity contribution in [3.05, 3.63) is 17.7 Å². The van der Waals surface area contributed by atoms with E-state index in [-0.39, 0.29) is 6.10 Å². The van der Waals surface area contributed by atoms with Crippen LogP contribution in [-0.2, 0) is 0 Å². The zero-order valence-corrected chi connectivity index (χ0v) is 11.1. The number of nitrogens with zero attached hydrogens (tertiary/aromatic N) is 1. The lowest BCUT2D eigenvalue weighted by atomic mass is 10.1. The number of hydrogen-bond donors (Lipinski definition) is 2. The van der Waals surface area contributed by atoms with Crippen LogP contribution in [0.15, 0.2) is 12.1 Å². The highest BCUT2D eigenvalue weighted by Crippen LogP contribution is 2.36. The Hall–Kier alpha value is -1.42. The van der Waals surface area contributed by atoms with E-state index in [1.165, 1.54) is 11.3 Å². The average Bonchev–Trinajstić information content (AvgIpc) is 2.40. The lowest BCUT2D eigenvalue weighted by molar-refractivity contribution is 0.224. The van der Waals surface area contributed by atoms with Crippen molar-refractivity contribution in [3.63, 3.8) is 0 Å². The van der Waals surface area contributed by atoms with Gasteiger partial charge in [0, 0.05) is 31.9 Å². The Balaban J connectivity index is 1.91. The van der Waals surface area contributed by atoms with Crippen LogP contribution in [0, 0.1) is 6.92 Å². The third kappa shape index (κ3) is 2.12. The normalized spacial score (nSPS) is 23.0. The molecular weight excluding hydrogens is 226 g/mol. The molecule has 0 saturated carbocycles. The summed E-state index contributed by atoms with van der Waals surface area (Å²) in [5, 5.41) is 6.85. The number of aryl methyl sites for hydroxylation is 1. The first kappa shape index (κ1) is 11.7. The van der Waals surface area contributed by atoms with Gasteiger partial charge in [0.05, 0.1) is 12.2 Å². The standard InChI is InChI=1S/C14H21N3O/c1-10-7-12(17-5-3-15-4-6-17)8-13-14(10)18-11(2)9-16-13/h7-8,11,15-16H,3-6,9H2,1-2H3. The average molecular weight is 247 g/mol. The number of anilines is 2. The summed E-state index contributed by atoms with van der Waals surface area (Å²) in [4.78, 5) is 2.43. The molecule has 0 bridgehead atoms. The topological polar surface area (TPSA) is 36.5 Å². The van der Waals surface area contributed by atoms with Gasteiger partial charge in [-0.2, -0.15) is 0 Å². The summed E-state index contributed by atoms with van der Waals surface area (Å²) in [5.41, 5.74) is 3.67. The lowest BCUT2D eigenvalue weighted by Crippen LogP contribution is -2.43. The predicted molar refractivity (Wildman–Crippen MR) is 74.8 cm³/mol. The second kappa shape index (κ2) is 4.69. The molecule has 1 saturated heterocycles. The van der Waals surface area contributed by atoms with E-state index in [1.54, 1.807) is 0 Å². The molecule has 1 aromatic carbocycles. The van der Waals surface area contributed by atoms with Crippen molar-refractivity contribution in [1.29, 1.82) is 0 Å². The first-order valence-electron chi connectivity index (χ1n) is 6.75. The highest BCUT2D eigenvalue weighted by atomic mass is 16.5. The van der Waals surface area contributed by atoms with Crippen molar-refractivity contribution < 1.29 is 4.74 Å². The molecule has 4 nitrogen and oxygen atoms in total. The Labute approximate surface area is 108 Å². The Morgan fingerprint density at radius 1 is 1.28 bits per heavy atom. The van der Waals surface area contributed by atoms with Crippen LogP contribution in [0.3, 0.4) is 0 Å². The maximum absolute atomic E-state index is 5.91. The molecule has 98 valence electrons. The fourth-order valence-electron chi connectivity index (χ4n) is 2.64. The zero-order valence-electron chi connectivity index (χ0n) is 11.1. The first-order chi connectivity index (χ1) is 8.74. The monoisotopic (exact) mass is 247 g/mol. The molecule has 2 N–H and O–H groups in total. The van der Waals surface area contributed by atoms with Crippen LogP contribution >= 0.6 is 0 Å². The molecule has 0 radical (unpaired) electrons. The summed E-state index contributed by atoms with van der Waals surface area (Å²) in [6.45, 7) is 9.40. The van der Waals surface area contributed by atoms with Crippen molar-refractivity contribution in [3.8, 4) is 5.75 Å². The van der Waals surface area contributed by atoms with Crippen LogP contribution in [-0.4, -0.2) is 38.8 Å². The van der Waals surface area contributed by atoms with Gasteiger partial charge in [-0.05, 0) is 31.5 Å². The molecule has 0 aliphatic carbocycles. The molecule has 2 aliphatic heterocycles. The molecule has 0 amide bonds. The lowest BCUT2D eigenvalue weighted by Gasteiger charge is -2.32. The molecule has 2 heterocycles. The largest absolute Gasteiger partial charge is 0.486 e. The van der Waals surface area contributed by atoms with Gasteiger partial charge in [0.2, 0.25) is 0 Å². The van der Waals surface area contributed by atoms with Crippen LogP contribution in [0.25, 0.3) is 0 Å². The number of rotatable bonds is 1. The fraction of sp³-hybridized carbons (Fsp3) is 0.571. The molecule has 18 heavy (non-hydrogen) atoms. The molecule has 4 heteroatoms. The van der Waals surface area contributed by atoms with Gasteiger partial charge in [-0.1, -0.05) is 0 Å². The van der Waals surface area contributed by atoms with Crippen molar-refractivity contribution in [2.45, 2.75) is 20.0 Å². The summed E-state index contributed by atoms with van der Waals surface area (Å²) >= 11 is 0. The SMILES string of the molecule is Cc1cc(N2CCNCC2)cc2c1OC(C)CN2. The second-order valence-electron chi connectivity index (χ2n) is 5.19. The maximum atomic E-state index is 5.91. The molecule has 1 atom stereocenters. The van der Waals surface area contributed by atoms with E-state index in [9.17, 15) is 0 Å². The minimum Gasteiger partial charge on any atom is -0.486 e. The highest BCUT2D eigenvalue weighted by Gasteiger charge is 2.20. The third-order valence-electron chi connectivity index (χ3n) is 3.64. The van der Waals surface area contributed by atoms with Crippen LogP contribution in [0.2, 0.25) is 0 Å². The molecule has 1 fully saturated rings. The van der Waals surface area contributed by atoms with Crippen molar-refractivity contribution in [1.82, 2.24) is 5.32 Å². The Bertz CT molecular complexity index is 441. The van der Waals surface area contributed by atoms with Gasteiger partial charge in [0.1, 0.15) is 11.9 Å². The summed E-state index contributed by atoms with van der Waals surface area (Å²) in [7, 11) is 0. The van der Waals surface area contributed by atoms with E-state index in [2.05, 4.69) is 41.5 Å². The van der Waals surface area contributed by atoms with E-state index >= 15 is 0 Å². The summed E-state index contributed by atoms with van der Waals surface area (Å²) < 4.78 is 5.91. The Kier molecular flexibility index (Phi) is 3.04. The number of benzene rings is 1. The van der Waals surface area contributed by atoms with Gasteiger partial charge in [-0.3, -0.25) is 0 Å². The zero-order chi connectivity index (χ0) is 12.5. The van der Waals surface area contributed by atoms with Gasteiger partial charge < -0.3 is 20.3 Å². The molecular formula is C14H21N3O. The number of fused-ring (bicyclic) bond motifs is 1. The minimum atomic E-state index is 0.251. The maximum Gasteiger partial charge on any atom is 0.145 e. The minimum absolute atomic E-state index is 0.251. The quantitative estimate of drug-likeness (QED) is 0.790. The van der Waals surface area contributed by atoms with Crippen LogP contribution in [0.1, 0.15) is 12.5 Å². The molecule has 1 unspecified atom stereocenters. The van der Waals surface area contributed by atoms with Gasteiger partial charge in [0.25, 0.3) is 0 Å². The molecule has 3 rings (SSSR count).